The second-order valence-electron chi connectivity index (χ2n) is 5.94. The number of carbonyl (C=O) groups excluding carboxylic acids is 1. The molecule has 0 spiro atoms. The molecule has 140 valence electrons. The number of sulfone groups is 1. The molecule has 0 aliphatic carbocycles. The van der Waals surface area contributed by atoms with Crippen LogP contribution in [-0.4, -0.2) is 48.4 Å². The lowest BCUT2D eigenvalue weighted by molar-refractivity contribution is 0.229. The molecular weight excluding hydrogens is 358 g/mol. The highest BCUT2D eigenvalue weighted by Gasteiger charge is 2.11. The Morgan fingerprint density at radius 1 is 1.27 bits per heavy atom. The minimum Gasteiger partial charge on any atom is -0.394 e. The van der Waals surface area contributed by atoms with Gasteiger partial charge in [0.1, 0.15) is 5.82 Å². The van der Waals surface area contributed by atoms with E-state index in [1.54, 1.807) is 31.2 Å². The molecule has 2 aromatic rings. The summed E-state index contributed by atoms with van der Waals surface area (Å²) < 4.78 is 22.9. The lowest BCUT2D eigenvalue weighted by Crippen LogP contribution is -2.38. The van der Waals surface area contributed by atoms with E-state index in [1.165, 1.54) is 6.07 Å². The van der Waals surface area contributed by atoms with Crippen molar-refractivity contribution >= 4 is 27.4 Å². The van der Waals surface area contributed by atoms with Crippen molar-refractivity contribution < 1.29 is 18.3 Å². The number of rotatable bonds is 6. The first-order valence-electron chi connectivity index (χ1n) is 7.76. The van der Waals surface area contributed by atoms with Crippen molar-refractivity contribution in [2.75, 3.05) is 23.9 Å². The minimum atomic E-state index is -3.24. The number of hydrogen-bond donors (Lipinski definition) is 4. The lowest BCUT2D eigenvalue weighted by atomic mass is 10.2. The fourth-order valence-electron chi connectivity index (χ4n) is 2.13. The summed E-state index contributed by atoms with van der Waals surface area (Å²) in [5, 5.41) is 14.1. The van der Waals surface area contributed by atoms with Crippen LogP contribution >= 0.6 is 0 Å². The van der Waals surface area contributed by atoms with Gasteiger partial charge in [-0.1, -0.05) is 0 Å². The molecule has 2 amide bonds. The van der Waals surface area contributed by atoms with Crippen LogP contribution in [0.4, 0.5) is 16.3 Å². The Hall–Kier alpha value is -2.72. The summed E-state index contributed by atoms with van der Waals surface area (Å²) in [6, 6.07) is 7.31. The number of nitrogen functional groups attached to an aromatic ring is 1. The molecule has 1 aromatic carbocycles. The predicted molar refractivity (Wildman–Crippen MR) is 99.1 cm³/mol. The van der Waals surface area contributed by atoms with Gasteiger partial charge in [-0.25, -0.2) is 23.2 Å². The van der Waals surface area contributed by atoms with E-state index in [0.717, 1.165) is 6.26 Å². The molecule has 0 fully saturated rings. The number of aromatic nitrogens is 2. The van der Waals surface area contributed by atoms with Gasteiger partial charge in [-0.2, -0.15) is 0 Å². The van der Waals surface area contributed by atoms with E-state index in [9.17, 15) is 13.2 Å². The average Bonchev–Trinajstić information content (AvgIpc) is 2.53. The number of benzene rings is 1. The molecule has 5 N–H and O–H groups in total. The number of nitrogens with one attached hydrogen (secondary N) is 2. The molecule has 0 saturated heterocycles. The molecule has 1 unspecified atom stereocenters. The summed E-state index contributed by atoms with van der Waals surface area (Å²) in [5.41, 5.74) is 7.22. The van der Waals surface area contributed by atoms with Crippen molar-refractivity contribution in [3.63, 3.8) is 0 Å². The molecule has 0 aliphatic rings. The average molecular weight is 379 g/mol. The zero-order chi connectivity index (χ0) is 19.3. The van der Waals surface area contributed by atoms with E-state index >= 15 is 0 Å². The SMILES string of the molecule is CC(CO)NC(=O)Nc1ccc(-c2nc(N)cc(CS(C)(=O)=O)n2)cc1. The van der Waals surface area contributed by atoms with Crippen LogP contribution in [-0.2, 0) is 15.6 Å². The third-order valence-corrected chi connectivity index (χ3v) is 4.08. The fraction of sp³-hybridized carbons (Fsp3) is 0.312. The zero-order valence-electron chi connectivity index (χ0n) is 14.4. The van der Waals surface area contributed by atoms with Crippen LogP contribution in [0.5, 0.6) is 0 Å². The maximum atomic E-state index is 11.7. The quantitative estimate of drug-likeness (QED) is 0.579. The molecule has 0 bridgehead atoms. The van der Waals surface area contributed by atoms with E-state index < -0.39 is 15.9 Å². The van der Waals surface area contributed by atoms with Crippen LogP contribution in [0.3, 0.4) is 0 Å². The number of aliphatic hydroxyl groups is 1. The Morgan fingerprint density at radius 2 is 1.92 bits per heavy atom. The largest absolute Gasteiger partial charge is 0.394 e. The van der Waals surface area contributed by atoms with E-state index in [4.69, 9.17) is 10.8 Å². The van der Waals surface area contributed by atoms with Crippen molar-refractivity contribution in [1.29, 1.82) is 0 Å². The molecule has 1 atom stereocenters. The first-order valence-corrected chi connectivity index (χ1v) is 9.82. The molecule has 26 heavy (non-hydrogen) atoms. The fourth-order valence-corrected chi connectivity index (χ4v) is 2.81. The van der Waals surface area contributed by atoms with Gasteiger partial charge in [0.05, 0.1) is 24.1 Å². The Labute approximate surface area is 151 Å². The normalized spacial score (nSPS) is 12.4. The number of aliphatic hydroxyl groups excluding tert-OH is 1. The number of urea groups is 1. The van der Waals surface area contributed by atoms with E-state index in [0.29, 0.717) is 22.8 Å². The summed E-state index contributed by atoms with van der Waals surface area (Å²) >= 11 is 0. The lowest BCUT2D eigenvalue weighted by Gasteiger charge is -2.12. The van der Waals surface area contributed by atoms with Crippen LogP contribution in [0, 0.1) is 0 Å². The number of nitrogens with zero attached hydrogens (tertiary/aromatic N) is 2. The van der Waals surface area contributed by atoms with Crippen molar-refractivity contribution in [3.8, 4) is 11.4 Å². The van der Waals surface area contributed by atoms with Gasteiger partial charge in [0, 0.05) is 23.6 Å². The molecule has 1 heterocycles. The molecule has 9 nitrogen and oxygen atoms in total. The maximum Gasteiger partial charge on any atom is 0.319 e. The minimum absolute atomic E-state index is 0.158. The Bertz CT molecular complexity index is 884. The zero-order valence-corrected chi connectivity index (χ0v) is 15.2. The smallest absolute Gasteiger partial charge is 0.319 e. The Kier molecular flexibility index (Phi) is 6.11. The molecule has 1 aromatic heterocycles. The molecule has 0 saturated carbocycles. The van der Waals surface area contributed by atoms with Gasteiger partial charge in [-0.3, -0.25) is 0 Å². The number of carbonyl (C=O) groups is 1. The summed E-state index contributed by atoms with van der Waals surface area (Å²) in [6.45, 7) is 1.52. The number of amides is 2. The van der Waals surface area contributed by atoms with Crippen LogP contribution in [0.1, 0.15) is 12.6 Å². The van der Waals surface area contributed by atoms with E-state index in [-0.39, 0.29) is 24.2 Å². The topological polar surface area (TPSA) is 147 Å². The van der Waals surface area contributed by atoms with E-state index in [2.05, 4.69) is 20.6 Å². The van der Waals surface area contributed by atoms with Crippen LogP contribution in [0.25, 0.3) is 11.4 Å². The van der Waals surface area contributed by atoms with Crippen molar-refractivity contribution in [3.05, 3.63) is 36.0 Å². The van der Waals surface area contributed by atoms with Gasteiger partial charge in [-0.15, -0.1) is 0 Å². The first-order chi connectivity index (χ1) is 12.2. The monoisotopic (exact) mass is 379 g/mol. The van der Waals surface area contributed by atoms with Gasteiger partial charge in [0.15, 0.2) is 15.7 Å². The van der Waals surface area contributed by atoms with Crippen LogP contribution in [0.15, 0.2) is 30.3 Å². The van der Waals surface area contributed by atoms with Gasteiger partial charge < -0.3 is 21.5 Å². The van der Waals surface area contributed by atoms with Gasteiger partial charge in [0.2, 0.25) is 0 Å². The van der Waals surface area contributed by atoms with Crippen molar-refractivity contribution in [2.45, 2.75) is 18.7 Å². The van der Waals surface area contributed by atoms with Crippen LogP contribution in [0.2, 0.25) is 0 Å². The second kappa shape index (κ2) is 8.11. The van der Waals surface area contributed by atoms with Crippen LogP contribution < -0.4 is 16.4 Å². The van der Waals surface area contributed by atoms with Gasteiger partial charge >= 0.3 is 6.03 Å². The molecular formula is C16H21N5O4S. The molecule has 0 aliphatic heterocycles. The van der Waals surface area contributed by atoms with Gasteiger partial charge in [0.25, 0.3) is 0 Å². The summed E-state index contributed by atoms with van der Waals surface area (Å²) in [7, 11) is -3.24. The highest BCUT2D eigenvalue weighted by Crippen LogP contribution is 2.20. The Morgan fingerprint density at radius 3 is 2.50 bits per heavy atom. The highest BCUT2D eigenvalue weighted by molar-refractivity contribution is 7.89. The van der Waals surface area contributed by atoms with Crippen molar-refractivity contribution in [2.24, 2.45) is 0 Å². The molecule has 10 heteroatoms. The molecule has 0 radical (unpaired) electrons. The van der Waals surface area contributed by atoms with Crippen molar-refractivity contribution in [1.82, 2.24) is 15.3 Å². The number of anilines is 2. The summed E-state index contributed by atoms with van der Waals surface area (Å²) in [4.78, 5) is 20.1. The summed E-state index contributed by atoms with van der Waals surface area (Å²) in [6.07, 6.45) is 1.12. The molecule has 2 rings (SSSR count). The van der Waals surface area contributed by atoms with E-state index in [1.807, 2.05) is 0 Å². The maximum absolute atomic E-state index is 11.7. The second-order valence-corrected chi connectivity index (χ2v) is 8.08. The summed E-state index contributed by atoms with van der Waals surface area (Å²) in [5.74, 6) is 0.247. The first kappa shape index (κ1) is 19.6. The number of hydrogen-bond acceptors (Lipinski definition) is 7. The number of nitrogens with two attached hydrogens (primary N) is 1. The third-order valence-electron chi connectivity index (χ3n) is 3.26. The standard InChI is InChI=1S/C16H21N5O4S/c1-10(8-22)18-16(23)20-12-5-3-11(4-6-12)15-19-13(7-14(17)21-15)9-26(2,24)25/h3-7,10,22H,8-9H2,1-2H3,(H2,17,19,21)(H2,18,20,23). The third kappa shape index (κ3) is 5.97. The van der Waals surface area contributed by atoms with Gasteiger partial charge in [-0.05, 0) is 31.2 Å². The highest BCUT2D eigenvalue weighted by atomic mass is 32.2. The Balaban J connectivity index is 2.16. The predicted octanol–water partition coefficient (Wildman–Crippen LogP) is 0.773.